The lowest BCUT2D eigenvalue weighted by Gasteiger charge is -2.10. The smallest absolute Gasteiger partial charge is 0.123 e. The molecule has 0 aliphatic carbocycles. The van der Waals surface area contributed by atoms with Crippen LogP contribution in [-0.2, 0) is 0 Å². The summed E-state index contributed by atoms with van der Waals surface area (Å²) in [7, 11) is 0. The molecule has 1 aromatic heterocycles. The number of H-pyrrole nitrogens is 1. The van der Waals surface area contributed by atoms with Gasteiger partial charge in [0.15, 0.2) is 0 Å². The minimum absolute atomic E-state index is 0.288. The van der Waals surface area contributed by atoms with Gasteiger partial charge >= 0.3 is 0 Å². The molecule has 0 spiro atoms. The quantitative estimate of drug-likeness (QED) is 0.763. The molecule has 1 unspecified atom stereocenters. The van der Waals surface area contributed by atoms with E-state index >= 15 is 0 Å². The van der Waals surface area contributed by atoms with Crippen LogP contribution in [0.25, 0.3) is 10.9 Å². The molecule has 0 aliphatic rings. The minimum Gasteiger partial charge on any atom is -0.388 e. The third kappa shape index (κ3) is 2.33. The van der Waals surface area contributed by atoms with Crippen molar-refractivity contribution in [2.24, 2.45) is 5.73 Å². The molecule has 2 aromatic rings. The van der Waals surface area contributed by atoms with E-state index in [4.69, 9.17) is 5.73 Å². The summed E-state index contributed by atoms with van der Waals surface area (Å²) in [4.78, 5) is 3.15. The number of aromatic nitrogens is 1. The fourth-order valence-electron chi connectivity index (χ4n) is 2.20. The predicted octanol–water partition coefficient (Wildman–Crippen LogP) is 2.39. The summed E-state index contributed by atoms with van der Waals surface area (Å²) in [5.41, 5.74) is 7.95. The lowest BCUT2D eigenvalue weighted by molar-refractivity contribution is 0.166. The van der Waals surface area contributed by atoms with Gasteiger partial charge in [-0.2, -0.15) is 0 Å². The molecule has 92 valence electrons. The van der Waals surface area contributed by atoms with Crippen molar-refractivity contribution < 1.29 is 9.50 Å². The minimum atomic E-state index is -0.589. The van der Waals surface area contributed by atoms with Crippen LogP contribution < -0.4 is 5.73 Å². The fraction of sp³-hybridized carbons (Fsp3) is 0.385. The van der Waals surface area contributed by atoms with Gasteiger partial charge in [0, 0.05) is 22.2 Å². The van der Waals surface area contributed by atoms with Gasteiger partial charge in [-0.3, -0.25) is 0 Å². The Balaban J connectivity index is 2.44. The molecule has 1 atom stereocenters. The number of aryl methyl sites for hydroxylation is 1. The van der Waals surface area contributed by atoms with Gasteiger partial charge in [-0.05, 0) is 44.5 Å². The number of halogens is 1. The Morgan fingerprint density at radius 2 is 2.24 bits per heavy atom. The number of aliphatic hydroxyl groups is 1. The van der Waals surface area contributed by atoms with Crippen LogP contribution in [0.4, 0.5) is 4.39 Å². The average Bonchev–Trinajstić information content (AvgIpc) is 2.61. The van der Waals surface area contributed by atoms with Gasteiger partial charge in [0.1, 0.15) is 5.82 Å². The van der Waals surface area contributed by atoms with E-state index in [0.717, 1.165) is 28.6 Å². The Kier molecular flexibility index (Phi) is 3.45. The number of aliphatic hydroxyl groups excluding tert-OH is 1. The molecule has 0 fully saturated rings. The molecule has 1 aromatic carbocycles. The summed E-state index contributed by atoms with van der Waals surface area (Å²) < 4.78 is 13.2. The van der Waals surface area contributed by atoms with Crippen LogP contribution in [0.5, 0.6) is 0 Å². The Hall–Kier alpha value is -1.39. The molecule has 0 radical (unpaired) electrons. The van der Waals surface area contributed by atoms with E-state index in [9.17, 15) is 9.50 Å². The first-order chi connectivity index (χ1) is 8.13. The van der Waals surface area contributed by atoms with E-state index in [0.29, 0.717) is 13.0 Å². The van der Waals surface area contributed by atoms with Gasteiger partial charge in [0.05, 0.1) is 6.10 Å². The van der Waals surface area contributed by atoms with Crippen molar-refractivity contribution >= 4 is 10.9 Å². The topological polar surface area (TPSA) is 62.0 Å². The number of nitrogens with two attached hydrogens (primary N) is 1. The van der Waals surface area contributed by atoms with E-state index in [2.05, 4.69) is 4.98 Å². The molecule has 4 heteroatoms. The third-order valence-electron chi connectivity index (χ3n) is 3.01. The van der Waals surface area contributed by atoms with E-state index in [-0.39, 0.29) is 5.82 Å². The molecule has 17 heavy (non-hydrogen) atoms. The summed E-state index contributed by atoms with van der Waals surface area (Å²) >= 11 is 0. The maximum atomic E-state index is 13.2. The summed E-state index contributed by atoms with van der Waals surface area (Å²) in [6.07, 6.45) is 0.762. The predicted molar refractivity (Wildman–Crippen MR) is 66.2 cm³/mol. The molecular weight excluding hydrogens is 219 g/mol. The van der Waals surface area contributed by atoms with Crippen LogP contribution in [0.15, 0.2) is 18.2 Å². The van der Waals surface area contributed by atoms with Crippen molar-refractivity contribution in [3.63, 3.8) is 0 Å². The van der Waals surface area contributed by atoms with Crippen molar-refractivity contribution in [1.82, 2.24) is 4.98 Å². The van der Waals surface area contributed by atoms with Crippen LogP contribution in [-0.4, -0.2) is 16.6 Å². The van der Waals surface area contributed by atoms with E-state index in [1.54, 1.807) is 6.07 Å². The number of nitrogens with one attached hydrogen (secondary N) is 1. The zero-order valence-corrected chi connectivity index (χ0v) is 9.83. The van der Waals surface area contributed by atoms with Crippen LogP contribution in [0.2, 0.25) is 0 Å². The molecule has 0 amide bonds. The van der Waals surface area contributed by atoms with E-state index in [1.807, 2.05) is 6.92 Å². The van der Waals surface area contributed by atoms with E-state index < -0.39 is 6.10 Å². The van der Waals surface area contributed by atoms with Gasteiger partial charge in [-0.25, -0.2) is 4.39 Å². The Labute approximate surface area is 99.4 Å². The summed E-state index contributed by atoms with van der Waals surface area (Å²) in [6, 6.07) is 4.56. The molecule has 0 bridgehead atoms. The highest BCUT2D eigenvalue weighted by atomic mass is 19.1. The van der Waals surface area contributed by atoms with Crippen molar-refractivity contribution in [1.29, 1.82) is 0 Å². The highest BCUT2D eigenvalue weighted by Crippen LogP contribution is 2.30. The molecule has 0 aliphatic heterocycles. The first kappa shape index (κ1) is 12.1. The number of aromatic amines is 1. The normalized spacial score (nSPS) is 13.2. The summed E-state index contributed by atoms with van der Waals surface area (Å²) in [5, 5.41) is 10.9. The first-order valence-corrected chi connectivity index (χ1v) is 5.79. The lowest BCUT2D eigenvalue weighted by atomic mass is 10.0. The Morgan fingerprint density at radius 1 is 1.47 bits per heavy atom. The SMILES string of the molecule is Cc1[nH]c2ccc(F)cc2c1C(O)CCCN. The average molecular weight is 236 g/mol. The third-order valence-corrected chi connectivity index (χ3v) is 3.01. The second kappa shape index (κ2) is 4.85. The van der Waals surface area contributed by atoms with Crippen LogP contribution in [0.1, 0.15) is 30.2 Å². The number of hydrogen-bond donors (Lipinski definition) is 3. The van der Waals surface area contributed by atoms with Crippen LogP contribution in [0.3, 0.4) is 0 Å². The van der Waals surface area contributed by atoms with Gasteiger partial charge in [0.25, 0.3) is 0 Å². The molecule has 2 rings (SSSR count). The fourth-order valence-corrected chi connectivity index (χ4v) is 2.20. The number of fused-ring (bicyclic) bond motifs is 1. The van der Waals surface area contributed by atoms with Crippen molar-refractivity contribution in [3.05, 3.63) is 35.3 Å². The lowest BCUT2D eigenvalue weighted by Crippen LogP contribution is -2.04. The van der Waals surface area contributed by atoms with Gasteiger partial charge < -0.3 is 15.8 Å². The maximum absolute atomic E-state index is 13.2. The molecule has 0 saturated carbocycles. The summed E-state index contributed by atoms with van der Waals surface area (Å²) in [5.74, 6) is -0.288. The Bertz CT molecular complexity index is 521. The standard InChI is InChI=1S/C13H17FN2O/c1-8-13(12(17)3-2-6-15)10-7-9(14)4-5-11(10)16-8/h4-5,7,12,16-17H,2-3,6,15H2,1H3. The zero-order valence-electron chi connectivity index (χ0n) is 9.83. The summed E-state index contributed by atoms with van der Waals surface area (Å²) in [6.45, 7) is 2.44. The van der Waals surface area contributed by atoms with E-state index in [1.165, 1.54) is 12.1 Å². The second-order valence-corrected chi connectivity index (χ2v) is 4.30. The largest absolute Gasteiger partial charge is 0.388 e. The first-order valence-electron chi connectivity index (χ1n) is 5.79. The van der Waals surface area contributed by atoms with Gasteiger partial charge in [-0.1, -0.05) is 0 Å². The monoisotopic (exact) mass is 236 g/mol. The van der Waals surface area contributed by atoms with Crippen molar-refractivity contribution in [2.75, 3.05) is 6.54 Å². The molecular formula is C13H17FN2O. The second-order valence-electron chi connectivity index (χ2n) is 4.30. The highest BCUT2D eigenvalue weighted by molar-refractivity contribution is 5.85. The maximum Gasteiger partial charge on any atom is 0.123 e. The molecule has 4 N–H and O–H groups in total. The van der Waals surface area contributed by atoms with Crippen LogP contribution >= 0.6 is 0 Å². The Morgan fingerprint density at radius 3 is 2.94 bits per heavy atom. The van der Waals surface area contributed by atoms with Crippen LogP contribution in [0, 0.1) is 12.7 Å². The zero-order chi connectivity index (χ0) is 12.4. The number of benzene rings is 1. The van der Waals surface area contributed by atoms with Crippen molar-refractivity contribution in [2.45, 2.75) is 25.9 Å². The molecule has 3 nitrogen and oxygen atoms in total. The van der Waals surface area contributed by atoms with Gasteiger partial charge in [-0.15, -0.1) is 0 Å². The molecule has 1 heterocycles. The van der Waals surface area contributed by atoms with Crippen molar-refractivity contribution in [3.8, 4) is 0 Å². The molecule has 0 saturated heterocycles. The van der Waals surface area contributed by atoms with Gasteiger partial charge in [0.2, 0.25) is 0 Å². The number of rotatable bonds is 4. The number of hydrogen-bond acceptors (Lipinski definition) is 2. The highest BCUT2D eigenvalue weighted by Gasteiger charge is 2.16.